The molecule has 0 aromatic rings. The van der Waals surface area contributed by atoms with Crippen LogP contribution in [0.25, 0.3) is 0 Å². The van der Waals surface area contributed by atoms with E-state index in [1.807, 2.05) is 0 Å². The van der Waals surface area contributed by atoms with Crippen LogP contribution in [0.15, 0.2) is 0 Å². The third kappa shape index (κ3) is 1.38. The minimum Gasteiger partial charge on any atom is -0.390 e. The van der Waals surface area contributed by atoms with Gasteiger partial charge >= 0.3 is 0 Å². The average molecular weight is 169 g/mol. The second-order valence-corrected chi connectivity index (χ2v) is 4.57. The largest absolute Gasteiger partial charge is 0.390 e. The van der Waals surface area contributed by atoms with Gasteiger partial charge in [0.25, 0.3) is 0 Å². The van der Waals surface area contributed by atoms with Crippen molar-refractivity contribution in [2.24, 2.45) is 11.7 Å². The number of nitrogens with two attached hydrogens (primary N) is 1. The molecule has 0 aromatic heterocycles. The van der Waals surface area contributed by atoms with Crippen LogP contribution < -0.4 is 5.73 Å². The first-order valence-corrected chi connectivity index (χ1v) is 5.19. The van der Waals surface area contributed by atoms with E-state index in [-0.39, 0.29) is 5.60 Å². The lowest BCUT2D eigenvalue weighted by atomic mass is 9.66. The number of aliphatic hydroxyl groups is 1. The van der Waals surface area contributed by atoms with E-state index < -0.39 is 0 Å². The van der Waals surface area contributed by atoms with Crippen LogP contribution in [0.3, 0.4) is 0 Å². The Morgan fingerprint density at radius 2 is 1.67 bits per heavy atom. The van der Waals surface area contributed by atoms with Gasteiger partial charge in [0, 0.05) is 6.04 Å². The second kappa shape index (κ2) is 3.00. The van der Waals surface area contributed by atoms with Crippen molar-refractivity contribution in [3.63, 3.8) is 0 Å². The molecule has 0 aromatic carbocycles. The highest BCUT2D eigenvalue weighted by atomic mass is 16.3. The summed E-state index contributed by atoms with van der Waals surface area (Å²) in [5.74, 6) is 0.602. The molecule has 0 spiro atoms. The Kier molecular flexibility index (Phi) is 2.13. The summed E-state index contributed by atoms with van der Waals surface area (Å²) in [4.78, 5) is 0. The molecule has 2 nitrogen and oxygen atoms in total. The van der Waals surface area contributed by atoms with E-state index in [2.05, 4.69) is 0 Å². The van der Waals surface area contributed by atoms with Gasteiger partial charge in [-0.1, -0.05) is 6.42 Å². The first-order chi connectivity index (χ1) is 5.71. The molecule has 70 valence electrons. The summed E-state index contributed by atoms with van der Waals surface area (Å²) in [5, 5.41) is 10.3. The van der Waals surface area contributed by atoms with Gasteiger partial charge in [-0.3, -0.25) is 0 Å². The zero-order valence-electron chi connectivity index (χ0n) is 7.63. The summed E-state index contributed by atoms with van der Waals surface area (Å²) in [6, 6.07) is 0.352. The molecule has 0 unspecified atom stereocenters. The fraction of sp³-hybridized carbons (Fsp3) is 1.00. The summed E-state index contributed by atoms with van der Waals surface area (Å²) >= 11 is 0. The molecule has 0 heterocycles. The topological polar surface area (TPSA) is 46.2 Å². The monoisotopic (exact) mass is 169 g/mol. The molecular weight excluding hydrogens is 150 g/mol. The van der Waals surface area contributed by atoms with Crippen LogP contribution in [0.2, 0.25) is 0 Å². The fourth-order valence-electron chi connectivity index (χ4n) is 2.49. The molecule has 0 radical (unpaired) electrons. The first-order valence-electron chi connectivity index (χ1n) is 5.19. The van der Waals surface area contributed by atoms with Crippen molar-refractivity contribution in [3.05, 3.63) is 0 Å². The molecule has 2 heteroatoms. The summed E-state index contributed by atoms with van der Waals surface area (Å²) in [7, 11) is 0. The number of hydrogen-bond donors (Lipinski definition) is 2. The summed E-state index contributed by atoms with van der Waals surface area (Å²) < 4.78 is 0. The SMILES string of the molecule is NC1CCC(O)(C2CCC2)CC1. The van der Waals surface area contributed by atoms with Gasteiger partial charge < -0.3 is 10.8 Å². The maximum absolute atomic E-state index is 10.3. The van der Waals surface area contributed by atoms with Gasteiger partial charge in [-0.05, 0) is 44.4 Å². The van der Waals surface area contributed by atoms with Gasteiger partial charge in [0.15, 0.2) is 0 Å². The van der Waals surface area contributed by atoms with E-state index >= 15 is 0 Å². The van der Waals surface area contributed by atoms with Gasteiger partial charge in [0.2, 0.25) is 0 Å². The standard InChI is InChI=1S/C10H19NO/c11-9-4-6-10(12,7-5-9)8-2-1-3-8/h8-9,12H,1-7,11H2. The Labute approximate surface area is 74.1 Å². The van der Waals surface area contributed by atoms with Crippen LogP contribution >= 0.6 is 0 Å². The zero-order valence-corrected chi connectivity index (χ0v) is 7.63. The maximum Gasteiger partial charge on any atom is 0.0677 e. The molecule has 2 aliphatic carbocycles. The van der Waals surface area contributed by atoms with Gasteiger partial charge in [0.1, 0.15) is 0 Å². The van der Waals surface area contributed by atoms with E-state index in [0.29, 0.717) is 12.0 Å². The molecule has 0 bridgehead atoms. The lowest BCUT2D eigenvalue weighted by molar-refractivity contribution is -0.0790. The molecule has 12 heavy (non-hydrogen) atoms. The second-order valence-electron chi connectivity index (χ2n) is 4.57. The van der Waals surface area contributed by atoms with Gasteiger partial charge in [0.05, 0.1) is 5.60 Å². The van der Waals surface area contributed by atoms with E-state index in [1.54, 1.807) is 0 Å². The molecular formula is C10H19NO. The van der Waals surface area contributed by atoms with Crippen LogP contribution in [0.4, 0.5) is 0 Å². The van der Waals surface area contributed by atoms with Crippen molar-refractivity contribution in [2.75, 3.05) is 0 Å². The average Bonchev–Trinajstić information content (AvgIpc) is 1.92. The maximum atomic E-state index is 10.3. The van der Waals surface area contributed by atoms with Crippen molar-refractivity contribution >= 4 is 0 Å². The summed E-state index contributed by atoms with van der Waals surface area (Å²) in [5.41, 5.74) is 5.48. The Bertz CT molecular complexity index is 157. The van der Waals surface area contributed by atoms with Gasteiger partial charge in [-0.25, -0.2) is 0 Å². The molecule has 2 rings (SSSR count). The quantitative estimate of drug-likeness (QED) is 0.623. The minimum atomic E-state index is -0.325. The van der Waals surface area contributed by atoms with Crippen LogP contribution in [-0.2, 0) is 0 Å². The van der Waals surface area contributed by atoms with Crippen molar-refractivity contribution in [2.45, 2.75) is 56.6 Å². The molecule has 2 saturated carbocycles. The predicted molar refractivity (Wildman–Crippen MR) is 48.7 cm³/mol. The lowest BCUT2D eigenvalue weighted by Crippen LogP contribution is -2.46. The summed E-state index contributed by atoms with van der Waals surface area (Å²) in [6.07, 6.45) is 7.73. The van der Waals surface area contributed by atoms with Gasteiger partial charge in [-0.15, -0.1) is 0 Å². The number of hydrogen-bond acceptors (Lipinski definition) is 2. The molecule has 0 aliphatic heterocycles. The van der Waals surface area contributed by atoms with Crippen molar-refractivity contribution < 1.29 is 5.11 Å². The van der Waals surface area contributed by atoms with Crippen LogP contribution in [0, 0.1) is 5.92 Å². The highest BCUT2D eigenvalue weighted by molar-refractivity contribution is 4.95. The molecule has 0 atom stereocenters. The highest BCUT2D eigenvalue weighted by Gasteiger charge is 2.41. The molecule has 2 aliphatic rings. The molecule has 0 saturated heterocycles. The van der Waals surface area contributed by atoms with Gasteiger partial charge in [-0.2, -0.15) is 0 Å². The van der Waals surface area contributed by atoms with E-state index in [9.17, 15) is 5.11 Å². The Morgan fingerprint density at radius 3 is 2.08 bits per heavy atom. The van der Waals surface area contributed by atoms with Crippen LogP contribution in [0.5, 0.6) is 0 Å². The predicted octanol–water partition coefficient (Wildman–Crippen LogP) is 1.42. The third-order valence-electron chi connectivity index (χ3n) is 3.76. The van der Waals surface area contributed by atoms with Crippen LogP contribution in [-0.4, -0.2) is 16.7 Å². The summed E-state index contributed by atoms with van der Waals surface area (Å²) in [6.45, 7) is 0. The third-order valence-corrected chi connectivity index (χ3v) is 3.76. The zero-order chi connectivity index (χ0) is 8.60. The normalized spacial score (nSPS) is 44.0. The van der Waals surface area contributed by atoms with E-state index in [4.69, 9.17) is 5.73 Å². The molecule has 3 N–H and O–H groups in total. The fourth-order valence-corrected chi connectivity index (χ4v) is 2.49. The van der Waals surface area contributed by atoms with E-state index in [1.165, 1.54) is 19.3 Å². The highest BCUT2D eigenvalue weighted by Crippen LogP contribution is 2.43. The Morgan fingerprint density at radius 1 is 1.08 bits per heavy atom. The number of rotatable bonds is 1. The minimum absolute atomic E-state index is 0.325. The smallest absolute Gasteiger partial charge is 0.0677 e. The Balaban J connectivity index is 1.92. The lowest BCUT2D eigenvalue weighted by Gasteiger charge is -2.45. The van der Waals surface area contributed by atoms with Crippen LogP contribution in [0.1, 0.15) is 44.9 Å². The molecule has 0 amide bonds. The molecule has 2 fully saturated rings. The van der Waals surface area contributed by atoms with E-state index in [0.717, 1.165) is 25.7 Å². The van der Waals surface area contributed by atoms with Crippen molar-refractivity contribution in [1.29, 1.82) is 0 Å². The Hall–Kier alpha value is -0.0800. The van der Waals surface area contributed by atoms with Crippen molar-refractivity contribution in [3.8, 4) is 0 Å². The first kappa shape index (κ1) is 8.52. The van der Waals surface area contributed by atoms with Crippen molar-refractivity contribution in [1.82, 2.24) is 0 Å².